The van der Waals surface area contributed by atoms with E-state index in [1.165, 1.54) is 87.0 Å². The first-order valence-electron chi connectivity index (χ1n) is 12.3. The molecule has 0 atom stereocenters. The van der Waals surface area contributed by atoms with E-state index in [1.807, 2.05) is 3.26 Å². The summed E-state index contributed by atoms with van der Waals surface area (Å²) in [5, 5.41) is 5.31. The molecule has 0 aliphatic heterocycles. The van der Waals surface area contributed by atoms with E-state index >= 15 is 0 Å². The van der Waals surface area contributed by atoms with Crippen molar-refractivity contribution in [3.8, 4) is 22.3 Å². The Morgan fingerprint density at radius 2 is 0.892 bits per heavy atom. The number of halogens is 2. The first kappa shape index (κ1) is 29.0. The van der Waals surface area contributed by atoms with Gasteiger partial charge in [-0.2, -0.15) is 24.3 Å². The van der Waals surface area contributed by atoms with Crippen molar-refractivity contribution in [2.45, 2.75) is 19.3 Å². The maximum absolute atomic E-state index is 2.18. The van der Waals surface area contributed by atoms with Crippen LogP contribution in [0.3, 0.4) is 0 Å². The average Bonchev–Trinajstić information content (AvgIpc) is 3.59. The van der Waals surface area contributed by atoms with Gasteiger partial charge in [-0.1, -0.05) is 83.9 Å². The minimum absolute atomic E-state index is 0. The van der Waals surface area contributed by atoms with Crippen molar-refractivity contribution in [1.82, 2.24) is 0 Å². The molecule has 0 spiro atoms. The molecule has 1 aliphatic carbocycles. The monoisotopic (exact) mass is 688 g/mol. The third kappa shape index (κ3) is 7.26. The number of fused-ring (bicyclic) bond motifs is 2. The number of hydrogen-bond donors (Lipinski definition) is 0. The van der Waals surface area contributed by atoms with Crippen LogP contribution in [0.2, 0.25) is 0 Å². The van der Waals surface area contributed by atoms with Crippen molar-refractivity contribution in [2.24, 2.45) is 0 Å². The molecule has 3 heteroatoms. The maximum atomic E-state index is 2.18. The van der Waals surface area contributed by atoms with E-state index in [9.17, 15) is 0 Å². The van der Waals surface area contributed by atoms with Gasteiger partial charge in [0.1, 0.15) is 0 Å². The van der Waals surface area contributed by atoms with Crippen LogP contribution in [0.25, 0.3) is 43.8 Å². The molecule has 1 aliphatic rings. The van der Waals surface area contributed by atoms with E-state index in [0.29, 0.717) is 0 Å². The van der Waals surface area contributed by atoms with Crippen LogP contribution in [0.4, 0.5) is 0 Å². The summed E-state index contributed by atoms with van der Waals surface area (Å²) in [5.41, 5.74) is 5.21. The summed E-state index contributed by atoms with van der Waals surface area (Å²) in [7, 11) is 0. The fourth-order valence-electron chi connectivity index (χ4n) is 4.42. The van der Waals surface area contributed by atoms with E-state index < -0.39 is 0 Å². The van der Waals surface area contributed by atoms with Crippen LogP contribution in [0, 0.1) is 0 Å². The molecule has 0 aromatic heterocycles. The Morgan fingerprint density at radius 1 is 0.486 bits per heavy atom. The third-order valence-electron chi connectivity index (χ3n) is 6.48. The topological polar surface area (TPSA) is 0 Å². The maximum Gasteiger partial charge on any atom is -0.0279 e. The van der Waals surface area contributed by atoms with Crippen LogP contribution < -0.4 is 0 Å². The number of hydrogen-bond acceptors (Lipinski definition) is 0. The van der Waals surface area contributed by atoms with Crippen LogP contribution in [0.15, 0.2) is 133 Å². The summed E-state index contributed by atoms with van der Waals surface area (Å²) in [6.45, 7) is 0. The fraction of sp³-hybridized carbons (Fsp3) is 0.0882. The van der Waals surface area contributed by atoms with E-state index in [0.717, 1.165) is 0 Å². The molecule has 6 aromatic carbocycles. The zero-order valence-electron chi connectivity index (χ0n) is 20.6. The summed E-state index contributed by atoms with van der Waals surface area (Å²) >= 11 is 1.37. The summed E-state index contributed by atoms with van der Waals surface area (Å²) in [6, 6.07) is 46.8. The zero-order chi connectivity index (χ0) is 23.9. The second kappa shape index (κ2) is 14.4. The molecule has 0 bridgehead atoms. The van der Waals surface area contributed by atoms with Gasteiger partial charge in [0.05, 0.1) is 0 Å². The molecule has 1 saturated carbocycles. The Labute approximate surface area is 247 Å². The third-order valence-corrected chi connectivity index (χ3v) is 8.28. The minimum Gasteiger partial charge on any atom is -0.168 e. The smallest absolute Gasteiger partial charge is 0.0279 e. The molecule has 184 valence electrons. The summed E-state index contributed by atoms with van der Waals surface area (Å²) in [6.07, 6.45) is 4.41. The summed E-state index contributed by atoms with van der Waals surface area (Å²) < 4.78 is 1.82. The Kier molecular flexibility index (Phi) is 11.3. The average molecular weight is 688 g/mol. The van der Waals surface area contributed by atoms with Gasteiger partial charge in [-0.3, -0.25) is 0 Å². The van der Waals surface area contributed by atoms with Crippen molar-refractivity contribution in [3.63, 3.8) is 0 Å². The van der Waals surface area contributed by atoms with Gasteiger partial charge in [-0.05, 0) is 11.1 Å². The SMILES string of the molecule is Cl.Cl.[Hf+2]=[C]1CCC1.c1ccc(-c2cccc3[cH-]ccc23)cc1.c1ccc(-c2cccc3[cH-]ccc23)cc1. The molecule has 6 aromatic rings. The van der Waals surface area contributed by atoms with Gasteiger partial charge in [0.2, 0.25) is 0 Å². The molecule has 7 rings (SSSR count). The van der Waals surface area contributed by atoms with Crippen molar-refractivity contribution >= 4 is 49.6 Å². The molecule has 0 saturated heterocycles. The van der Waals surface area contributed by atoms with Gasteiger partial charge in [0, 0.05) is 0 Å². The first-order valence-corrected chi connectivity index (χ1v) is 14.1. The van der Waals surface area contributed by atoms with Crippen LogP contribution in [-0.4, -0.2) is 3.26 Å². The second-order valence-corrected chi connectivity index (χ2v) is 11.4. The predicted molar refractivity (Wildman–Crippen MR) is 163 cm³/mol. The molecule has 0 N–H and O–H groups in total. The molecule has 0 heterocycles. The largest absolute Gasteiger partial charge is 0.168 e. The quantitative estimate of drug-likeness (QED) is 0.126. The molecule has 0 nitrogen and oxygen atoms in total. The van der Waals surface area contributed by atoms with Gasteiger partial charge in [0.25, 0.3) is 0 Å². The molecule has 1 fully saturated rings. The van der Waals surface area contributed by atoms with Gasteiger partial charge in [-0.15, -0.1) is 82.8 Å². The normalized spacial score (nSPS) is 11.7. The van der Waals surface area contributed by atoms with E-state index in [4.69, 9.17) is 0 Å². The second-order valence-electron chi connectivity index (χ2n) is 8.86. The van der Waals surface area contributed by atoms with Crippen LogP contribution in [0.1, 0.15) is 19.3 Å². The van der Waals surface area contributed by atoms with Gasteiger partial charge in [-0.25, -0.2) is 0 Å². The summed E-state index contributed by atoms with van der Waals surface area (Å²) in [5.74, 6) is 0. The van der Waals surface area contributed by atoms with Crippen molar-refractivity contribution in [1.29, 1.82) is 0 Å². The number of benzene rings is 4. The van der Waals surface area contributed by atoms with E-state index in [2.05, 4.69) is 133 Å². The van der Waals surface area contributed by atoms with Crippen LogP contribution in [0.5, 0.6) is 0 Å². The van der Waals surface area contributed by atoms with Crippen LogP contribution >= 0.6 is 24.8 Å². The van der Waals surface area contributed by atoms with Gasteiger partial charge >= 0.3 is 46.4 Å². The van der Waals surface area contributed by atoms with Crippen molar-refractivity contribution in [3.05, 3.63) is 133 Å². The molecule has 37 heavy (non-hydrogen) atoms. The van der Waals surface area contributed by atoms with Crippen molar-refractivity contribution < 1.29 is 23.9 Å². The Bertz CT molecular complexity index is 1410. The van der Waals surface area contributed by atoms with E-state index in [-0.39, 0.29) is 24.8 Å². The standard InChI is InChI=1S/2C15H11.C4H6.2ClH.Hf/c2*1-2-6-12(7-3-1)14-10-4-8-13-9-5-11-15(13)14;1-2-4-3-1;;;/h2*1-11H;1-3H2;2*1H;/q2*-1;;;;+2. The minimum atomic E-state index is 0. The molecule has 0 unspecified atom stereocenters. The molecular weight excluding hydrogens is 658 g/mol. The number of rotatable bonds is 2. The zero-order valence-corrected chi connectivity index (χ0v) is 25.9. The molecule has 0 amide bonds. The van der Waals surface area contributed by atoms with Gasteiger partial charge < -0.3 is 0 Å². The Morgan fingerprint density at radius 3 is 1.24 bits per heavy atom. The fourth-order valence-corrected chi connectivity index (χ4v) is 5.69. The predicted octanol–water partition coefficient (Wildman–Crippen LogP) is 10.2. The Balaban J connectivity index is 0.000000166. The Hall–Kier alpha value is -2.58. The van der Waals surface area contributed by atoms with Crippen molar-refractivity contribution in [2.75, 3.05) is 0 Å². The van der Waals surface area contributed by atoms with E-state index in [1.54, 1.807) is 0 Å². The molecular formula is C34H30Cl2Hf. The molecule has 0 radical (unpaired) electrons. The first-order chi connectivity index (χ1) is 17.3. The van der Waals surface area contributed by atoms with Crippen LogP contribution in [-0.2, 0) is 23.9 Å². The summed E-state index contributed by atoms with van der Waals surface area (Å²) in [4.78, 5) is 0. The van der Waals surface area contributed by atoms with Gasteiger partial charge in [0.15, 0.2) is 0 Å².